The molecule has 8 heteroatoms. The third kappa shape index (κ3) is 3.63. The summed E-state index contributed by atoms with van der Waals surface area (Å²) in [4.78, 5) is 25.4. The lowest BCUT2D eigenvalue weighted by molar-refractivity contribution is 0.183. The Labute approximate surface area is 168 Å². The van der Waals surface area contributed by atoms with E-state index in [1.807, 2.05) is 18.2 Å². The van der Waals surface area contributed by atoms with E-state index in [1.165, 1.54) is 23.9 Å². The molecule has 0 spiro atoms. The van der Waals surface area contributed by atoms with E-state index >= 15 is 0 Å². The summed E-state index contributed by atoms with van der Waals surface area (Å²) in [6.07, 6.45) is 8.67. The third-order valence-corrected chi connectivity index (χ3v) is 5.71. The molecule has 0 bridgehead atoms. The van der Waals surface area contributed by atoms with Gasteiger partial charge in [0.05, 0.1) is 24.9 Å². The van der Waals surface area contributed by atoms with Crippen LogP contribution in [-0.2, 0) is 4.74 Å². The highest BCUT2D eigenvalue weighted by Gasteiger charge is 2.32. The molecule has 5 rings (SSSR count). The summed E-state index contributed by atoms with van der Waals surface area (Å²) in [6, 6.07) is 8.74. The average molecular weight is 390 g/mol. The summed E-state index contributed by atoms with van der Waals surface area (Å²) >= 11 is 0. The molecule has 8 nitrogen and oxygen atoms in total. The van der Waals surface area contributed by atoms with E-state index in [9.17, 15) is 4.79 Å². The molecule has 1 saturated carbocycles. The predicted molar refractivity (Wildman–Crippen MR) is 108 cm³/mol. The molecule has 4 heterocycles. The van der Waals surface area contributed by atoms with E-state index in [1.54, 1.807) is 30.9 Å². The Hall–Kier alpha value is -3.13. The summed E-state index contributed by atoms with van der Waals surface area (Å²) in [5, 5.41) is 8.04. The first-order chi connectivity index (χ1) is 14.3. The normalized spacial score (nSPS) is 21.7. The van der Waals surface area contributed by atoms with Gasteiger partial charge in [-0.3, -0.25) is 9.78 Å². The molecule has 0 aromatic carbocycles. The van der Waals surface area contributed by atoms with Crippen LogP contribution in [0.1, 0.15) is 36.9 Å². The highest BCUT2D eigenvalue weighted by molar-refractivity contribution is 5.57. The maximum atomic E-state index is 12.6. The lowest BCUT2D eigenvalue weighted by Gasteiger charge is -2.25. The molecule has 1 aliphatic heterocycles. The highest BCUT2D eigenvalue weighted by Crippen LogP contribution is 2.35. The Kier molecular flexibility index (Phi) is 4.77. The molecule has 2 unspecified atom stereocenters. The van der Waals surface area contributed by atoms with Gasteiger partial charge in [-0.1, -0.05) is 6.42 Å². The van der Waals surface area contributed by atoms with Crippen LogP contribution < -0.4 is 10.9 Å². The molecule has 0 radical (unpaired) electrons. The number of anilines is 1. The van der Waals surface area contributed by atoms with Gasteiger partial charge in [0.1, 0.15) is 18.2 Å². The number of hydrogen-bond acceptors (Lipinski definition) is 7. The molecule has 2 fully saturated rings. The predicted octanol–water partition coefficient (Wildman–Crippen LogP) is 2.41. The van der Waals surface area contributed by atoms with Gasteiger partial charge in [0, 0.05) is 41.7 Å². The third-order valence-electron chi connectivity index (χ3n) is 5.71. The second-order valence-corrected chi connectivity index (χ2v) is 7.55. The van der Waals surface area contributed by atoms with Crippen LogP contribution in [0.4, 0.5) is 5.82 Å². The Bertz CT molecular complexity index is 1050. The molecular formula is C21H22N6O2. The van der Waals surface area contributed by atoms with Crippen molar-refractivity contribution in [3.63, 3.8) is 0 Å². The van der Waals surface area contributed by atoms with Crippen LogP contribution in [0.25, 0.3) is 11.3 Å². The second kappa shape index (κ2) is 7.71. The quantitative estimate of drug-likeness (QED) is 0.715. The molecule has 3 aromatic rings. The van der Waals surface area contributed by atoms with Crippen molar-refractivity contribution in [2.24, 2.45) is 0 Å². The number of hydrogen-bond donors (Lipinski definition) is 1. The molecular weight excluding hydrogens is 368 g/mol. The minimum absolute atomic E-state index is 0.1000. The van der Waals surface area contributed by atoms with Crippen LogP contribution in [0.15, 0.2) is 53.8 Å². The lowest BCUT2D eigenvalue weighted by Crippen LogP contribution is -2.37. The Morgan fingerprint density at radius 2 is 1.93 bits per heavy atom. The van der Waals surface area contributed by atoms with Gasteiger partial charge >= 0.3 is 0 Å². The number of nitrogens with zero attached hydrogens (tertiary/aromatic N) is 5. The van der Waals surface area contributed by atoms with Gasteiger partial charge in [-0.05, 0) is 31.0 Å². The Morgan fingerprint density at radius 1 is 1.07 bits per heavy atom. The minimum atomic E-state index is -0.216. The first kappa shape index (κ1) is 17.9. The number of nitrogens with one attached hydrogen (secondary N) is 1. The van der Waals surface area contributed by atoms with Crippen LogP contribution in [0.5, 0.6) is 0 Å². The average Bonchev–Trinajstić information content (AvgIpc) is 3.16. The zero-order valence-corrected chi connectivity index (χ0v) is 15.9. The number of aromatic nitrogens is 5. The van der Waals surface area contributed by atoms with Crippen molar-refractivity contribution >= 4 is 5.82 Å². The first-order valence-corrected chi connectivity index (χ1v) is 9.94. The Balaban J connectivity index is 1.40. The van der Waals surface area contributed by atoms with E-state index in [-0.39, 0.29) is 17.6 Å². The summed E-state index contributed by atoms with van der Waals surface area (Å²) in [7, 11) is 0. The van der Waals surface area contributed by atoms with E-state index in [0.29, 0.717) is 19.1 Å². The standard InChI is InChI=1S/C21H22N6O2/c28-21-5-4-16(15-6-8-22-9-7-15)26-27(21)19-12-29-11-18(19)25-20-10-17(23-13-24-20)14-2-1-3-14/h4-10,13-14,18-19H,1-3,11-12H2,(H,23,24,25). The lowest BCUT2D eigenvalue weighted by atomic mass is 9.83. The molecule has 2 aliphatic rings. The van der Waals surface area contributed by atoms with Gasteiger partial charge in [-0.25, -0.2) is 14.6 Å². The van der Waals surface area contributed by atoms with Crippen LogP contribution >= 0.6 is 0 Å². The molecule has 148 valence electrons. The van der Waals surface area contributed by atoms with Gasteiger partial charge in [0.25, 0.3) is 5.56 Å². The summed E-state index contributed by atoms with van der Waals surface area (Å²) < 4.78 is 7.21. The summed E-state index contributed by atoms with van der Waals surface area (Å²) in [5.74, 6) is 1.30. The number of ether oxygens (including phenoxy) is 1. The fourth-order valence-electron chi connectivity index (χ4n) is 3.83. The topological polar surface area (TPSA) is 94.8 Å². The molecule has 1 aliphatic carbocycles. The van der Waals surface area contributed by atoms with Crippen molar-refractivity contribution in [1.82, 2.24) is 24.7 Å². The van der Waals surface area contributed by atoms with Gasteiger partial charge < -0.3 is 10.1 Å². The Morgan fingerprint density at radius 3 is 2.72 bits per heavy atom. The highest BCUT2D eigenvalue weighted by atomic mass is 16.5. The zero-order chi connectivity index (χ0) is 19.6. The molecule has 0 amide bonds. The van der Waals surface area contributed by atoms with Gasteiger partial charge in [-0.15, -0.1) is 0 Å². The largest absolute Gasteiger partial charge is 0.377 e. The maximum absolute atomic E-state index is 12.6. The van der Waals surface area contributed by atoms with Crippen LogP contribution in [0.2, 0.25) is 0 Å². The second-order valence-electron chi connectivity index (χ2n) is 7.55. The first-order valence-electron chi connectivity index (χ1n) is 9.94. The van der Waals surface area contributed by atoms with Gasteiger partial charge in [0.2, 0.25) is 0 Å². The number of rotatable bonds is 5. The summed E-state index contributed by atoms with van der Waals surface area (Å²) in [6.45, 7) is 0.909. The van der Waals surface area contributed by atoms with Crippen molar-refractivity contribution in [2.45, 2.75) is 37.3 Å². The SMILES string of the molecule is O=c1ccc(-c2ccncc2)nn1C1COCC1Nc1cc(C2CCC2)ncn1. The van der Waals surface area contributed by atoms with Crippen molar-refractivity contribution in [2.75, 3.05) is 18.5 Å². The molecule has 3 aromatic heterocycles. The van der Waals surface area contributed by atoms with E-state index in [2.05, 4.69) is 25.4 Å². The zero-order valence-electron chi connectivity index (χ0n) is 15.9. The smallest absolute Gasteiger partial charge is 0.267 e. The summed E-state index contributed by atoms with van der Waals surface area (Å²) in [5.41, 5.74) is 2.58. The molecule has 1 saturated heterocycles. The fraction of sp³-hybridized carbons (Fsp3) is 0.381. The van der Waals surface area contributed by atoms with Crippen LogP contribution in [-0.4, -0.2) is 44.0 Å². The van der Waals surface area contributed by atoms with Crippen LogP contribution in [0, 0.1) is 0 Å². The van der Waals surface area contributed by atoms with Gasteiger partial charge in [-0.2, -0.15) is 5.10 Å². The monoisotopic (exact) mass is 390 g/mol. The number of pyridine rings is 1. The minimum Gasteiger partial charge on any atom is -0.377 e. The van der Waals surface area contributed by atoms with Crippen LogP contribution in [0.3, 0.4) is 0 Å². The molecule has 1 N–H and O–H groups in total. The van der Waals surface area contributed by atoms with Crippen molar-refractivity contribution in [1.29, 1.82) is 0 Å². The molecule has 2 atom stereocenters. The molecule has 29 heavy (non-hydrogen) atoms. The van der Waals surface area contributed by atoms with E-state index in [4.69, 9.17) is 4.74 Å². The fourth-order valence-corrected chi connectivity index (χ4v) is 3.83. The van der Waals surface area contributed by atoms with Crippen molar-refractivity contribution in [3.05, 3.63) is 65.1 Å². The van der Waals surface area contributed by atoms with E-state index in [0.717, 1.165) is 22.8 Å². The van der Waals surface area contributed by atoms with Crippen molar-refractivity contribution < 1.29 is 4.74 Å². The maximum Gasteiger partial charge on any atom is 0.267 e. The van der Waals surface area contributed by atoms with E-state index < -0.39 is 0 Å². The van der Waals surface area contributed by atoms with Gasteiger partial charge in [0.15, 0.2) is 0 Å². The van der Waals surface area contributed by atoms with Crippen molar-refractivity contribution in [3.8, 4) is 11.3 Å².